The standard InChI is InChI=1S/C19H28N4O2.C13H19N5.ClH/c1-18(2,3)25-17(24)11-15(14-7-5-4-6-8-14)16-12-23(22-21-16)19(13-20)9-10-19;14-9-13(6-7-13)18-8-11(16-17-18)12(15)10-4-2-1-3-5-10;/h12,14-15H,4-11H2,1-3H3;8,10,12H,1-7,15H2;1H/t15-;12-;/m00./s1. The zero-order valence-electron chi connectivity index (χ0n) is 26.5. The van der Waals surface area contributed by atoms with Gasteiger partial charge in [0, 0.05) is 5.92 Å². The normalized spacial score (nSPS) is 22.1. The first kappa shape index (κ1) is 33.9. The van der Waals surface area contributed by atoms with Crippen LogP contribution < -0.4 is 5.73 Å². The Morgan fingerprint density at radius 1 is 0.886 bits per heavy atom. The summed E-state index contributed by atoms with van der Waals surface area (Å²) in [5, 5.41) is 35.3. The minimum Gasteiger partial charge on any atom is -0.460 e. The van der Waals surface area contributed by atoms with Gasteiger partial charge in [-0.25, -0.2) is 9.36 Å². The van der Waals surface area contributed by atoms with Crippen molar-refractivity contribution < 1.29 is 9.53 Å². The van der Waals surface area contributed by atoms with Crippen molar-refractivity contribution in [3.05, 3.63) is 23.8 Å². The van der Waals surface area contributed by atoms with Crippen LogP contribution in [0, 0.1) is 34.5 Å². The Morgan fingerprint density at radius 3 is 1.80 bits per heavy atom. The van der Waals surface area contributed by atoms with Gasteiger partial charge in [0.05, 0.1) is 48.4 Å². The molecule has 6 rings (SSSR count). The van der Waals surface area contributed by atoms with Crippen molar-refractivity contribution >= 4 is 18.4 Å². The zero-order chi connectivity index (χ0) is 30.7. The maximum atomic E-state index is 12.4. The van der Waals surface area contributed by atoms with Gasteiger partial charge in [-0.1, -0.05) is 49.0 Å². The molecule has 0 aromatic carbocycles. The van der Waals surface area contributed by atoms with Crippen LogP contribution in [0.5, 0.6) is 0 Å². The second-order valence-corrected chi connectivity index (χ2v) is 14.2. The molecule has 2 atom stereocenters. The number of hydrogen-bond acceptors (Lipinski definition) is 9. The third-order valence-electron chi connectivity index (χ3n) is 9.67. The highest BCUT2D eigenvalue weighted by Gasteiger charge is 2.48. The predicted molar refractivity (Wildman–Crippen MR) is 166 cm³/mol. The van der Waals surface area contributed by atoms with Crippen molar-refractivity contribution in [2.75, 3.05) is 0 Å². The van der Waals surface area contributed by atoms with E-state index in [0.717, 1.165) is 49.9 Å². The van der Waals surface area contributed by atoms with Crippen LogP contribution in [0.15, 0.2) is 12.4 Å². The van der Waals surface area contributed by atoms with E-state index in [1.807, 2.05) is 33.2 Å². The molecule has 0 unspecified atom stereocenters. The van der Waals surface area contributed by atoms with Crippen LogP contribution in [0.4, 0.5) is 0 Å². The average Bonchev–Trinajstić information content (AvgIpc) is 3.88. The summed E-state index contributed by atoms with van der Waals surface area (Å²) in [7, 11) is 0. The summed E-state index contributed by atoms with van der Waals surface area (Å²) in [6, 6.07) is 4.64. The van der Waals surface area contributed by atoms with Gasteiger partial charge < -0.3 is 10.5 Å². The van der Waals surface area contributed by atoms with Crippen molar-refractivity contribution in [1.82, 2.24) is 30.0 Å². The van der Waals surface area contributed by atoms with E-state index < -0.39 is 16.7 Å². The number of esters is 1. The summed E-state index contributed by atoms with van der Waals surface area (Å²) in [5.41, 5.74) is 6.57. The Morgan fingerprint density at radius 2 is 1.34 bits per heavy atom. The number of ether oxygens (including phenoxy) is 1. The molecule has 0 bridgehead atoms. The number of nitrogens with two attached hydrogens (primary N) is 1. The quantitative estimate of drug-likeness (QED) is 0.348. The Kier molecular flexibility index (Phi) is 10.7. The van der Waals surface area contributed by atoms with Crippen LogP contribution in [0.25, 0.3) is 0 Å². The van der Waals surface area contributed by atoms with Gasteiger partial charge in [0.1, 0.15) is 5.60 Å². The molecule has 0 amide bonds. The third kappa shape index (κ3) is 7.97. The van der Waals surface area contributed by atoms with Gasteiger partial charge in [0.25, 0.3) is 0 Å². The van der Waals surface area contributed by atoms with Crippen molar-refractivity contribution in [1.29, 1.82) is 10.5 Å². The average molecular weight is 626 g/mol. The second kappa shape index (κ2) is 14.0. The minimum absolute atomic E-state index is 0. The maximum absolute atomic E-state index is 12.4. The lowest BCUT2D eigenvalue weighted by molar-refractivity contribution is -0.155. The number of hydrogen-bond donors (Lipinski definition) is 1. The van der Waals surface area contributed by atoms with Crippen LogP contribution >= 0.6 is 12.4 Å². The molecule has 240 valence electrons. The van der Waals surface area contributed by atoms with Crippen LogP contribution in [0.3, 0.4) is 0 Å². The van der Waals surface area contributed by atoms with Gasteiger partial charge in [-0.3, -0.25) is 4.79 Å². The number of halogens is 1. The van der Waals surface area contributed by atoms with Crippen LogP contribution in [0.2, 0.25) is 0 Å². The first-order valence-electron chi connectivity index (χ1n) is 16.2. The van der Waals surface area contributed by atoms with Crippen molar-refractivity contribution in [2.45, 2.75) is 146 Å². The van der Waals surface area contributed by atoms with Gasteiger partial charge in [0.2, 0.25) is 0 Å². The maximum Gasteiger partial charge on any atom is 0.306 e. The molecule has 11 nitrogen and oxygen atoms in total. The smallest absolute Gasteiger partial charge is 0.306 e. The highest BCUT2D eigenvalue weighted by Crippen LogP contribution is 2.44. The van der Waals surface area contributed by atoms with Gasteiger partial charge in [-0.15, -0.1) is 22.6 Å². The summed E-state index contributed by atoms with van der Waals surface area (Å²) in [6.07, 6.45) is 19.7. The van der Waals surface area contributed by atoms with E-state index >= 15 is 0 Å². The van der Waals surface area contributed by atoms with E-state index in [1.54, 1.807) is 9.36 Å². The Balaban J connectivity index is 0.000000206. The van der Waals surface area contributed by atoms with E-state index in [9.17, 15) is 10.1 Å². The second-order valence-electron chi connectivity index (χ2n) is 14.2. The van der Waals surface area contributed by atoms with Crippen LogP contribution in [-0.4, -0.2) is 41.6 Å². The summed E-state index contributed by atoms with van der Waals surface area (Å²) in [6.45, 7) is 5.67. The highest BCUT2D eigenvalue weighted by atomic mass is 35.5. The van der Waals surface area contributed by atoms with E-state index in [-0.39, 0.29) is 30.3 Å². The molecule has 4 aliphatic carbocycles. The molecule has 2 heterocycles. The van der Waals surface area contributed by atoms with Crippen molar-refractivity contribution in [3.63, 3.8) is 0 Å². The lowest BCUT2D eigenvalue weighted by Gasteiger charge is -2.29. The highest BCUT2D eigenvalue weighted by molar-refractivity contribution is 5.85. The van der Waals surface area contributed by atoms with E-state index in [4.69, 9.17) is 15.7 Å². The predicted octanol–water partition coefficient (Wildman–Crippen LogP) is 5.98. The number of carbonyl (C=O) groups excluding carboxylic acids is 1. The summed E-state index contributed by atoms with van der Waals surface area (Å²) in [5.74, 6) is 0.808. The van der Waals surface area contributed by atoms with Crippen LogP contribution in [-0.2, 0) is 20.6 Å². The topological polar surface area (TPSA) is 161 Å². The molecule has 44 heavy (non-hydrogen) atoms. The molecule has 4 aliphatic rings. The fourth-order valence-corrected chi connectivity index (χ4v) is 6.66. The number of nitriles is 2. The van der Waals surface area contributed by atoms with Crippen LogP contribution in [0.1, 0.15) is 140 Å². The fraction of sp³-hybridized carbons (Fsp3) is 0.781. The van der Waals surface area contributed by atoms with Crippen molar-refractivity contribution in [3.8, 4) is 12.1 Å². The first-order valence-corrected chi connectivity index (χ1v) is 16.2. The van der Waals surface area contributed by atoms with Gasteiger partial charge in [-0.2, -0.15) is 10.5 Å². The SMILES string of the molecule is CC(C)(C)OC(=O)C[C@H](c1cn(C2(C#N)CC2)nn1)C1CCCCC1.Cl.N#CC1(n2cc([C@@H](N)C3CCCCC3)nn2)CC1. The lowest BCUT2D eigenvalue weighted by Crippen LogP contribution is -2.27. The molecular formula is C32H48ClN9O2. The van der Waals surface area contributed by atoms with E-state index in [2.05, 4.69) is 32.8 Å². The molecular weight excluding hydrogens is 578 g/mol. The molecule has 2 aromatic heterocycles. The Hall–Kier alpha value is -3.02. The zero-order valence-corrected chi connectivity index (χ0v) is 27.3. The first-order chi connectivity index (χ1) is 20.6. The number of rotatable bonds is 8. The molecule has 0 spiro atoms. The number of nitrogens with zero attached hydrogens (tertiary/aromatic N) is 8. The largest absolute Gasteiger partial charge is 0.460 e. The molecule has 2 aromatic rings. The lowest BCUT2D eigenvalue weighted by atomic mass is 9.77. The Bertz CT molecular complexity index is 1330. The van der Waals surface area contributed by atoms with Gasteiger partial charge in [-0.05, 0) is 84.0 Å². The van der Waals surface area contributed by atoms with E-state index in [1.165, 1.54) is 51.4 Å². The molecule has 2 N–H and O–H groups in total. The molecule has 0 aliphatic heterocycles. The summed E-state index contributed by atoms with van der Waals surface area (Å²) < 4.78 is 8.96. The number of aromatic nitrogens is 6. The van der Waals surface area contributed by atoms with Gasteiger partial charge in [0.15, 0.2) is 11.1 Å². The van der Waals surface area contributed by atoms with Crippen molar-refractivity contribution in [2.24, 2.45) is 17.6 Å². The summed E-state index contributed by atoms with van der Waals surface area (Å²) >= 11 is 0. The molecule has 12 heteroatoms. The molecule has 4 fully saturated rings. The third-order valence-corrected chi connectivity index (χ3v) is 9.67. The van der Waals surface area contributed by atoms with E-state index in [0.29, 0.717) is 18.3 Å². The monoisotopic (exact) mass is 625 g/mol. The molecule has 0 radical (unpaired) electrons. The number of carbonyl (C=O) groups is 1. The molecule has 0 saturated heterocycles. The Labute approximate surface area is 267 Å². The van der Waals surface area contributed by atoms with Gasteiger partial charge >= 0.3 is 5.97 Å². The molecule has 4 saturated carbocycles. The minimum atomic E-state index is -0.506. The fourth-order valence-electron chi connectivity index (χ4n) is 6.66. The summed E-state index contributed by atoms with van der Waals surface area (Å²) in [4.78, 5) is 12.4.